The van der Waals surface area contributed by atoms with E-state index < -0.39 is 5.60 Å². The van der Waals surface area contributed by atoms with E-state index in [1.807, 2.05) is 44.0 Å². The molecule has 3 aromatic heterocycles. The first-order chi connectivity index (χ1) is 19.2. The maximum atomic E-state index is 13.6. The number of fused-ring (bicyclic) bond motifs is 4. The van der Waals surface area contributed by atoms with Gasteiger partial charge in [-0.05, 0) is 62.8 Å². The second-order valence-corrected chi connectivity index (χ2v) is 11.6. The second-order valence-electron chi connectivity index (χ2n) is 11.2. The summed E-state index contributed by atoms with van der Waals surface area (Å²) in [6, 6.07) is 3.29. The quantitative estimate of drug-likeness (QED) is 0.344. The summed E-state index contributed by atoms with van der Waals surface area (Å²) in [7, 11) is 1.68. The van der Waals surface area contributed by atoms with Gasteiger partial charge in [-0.25, -0.2) is 14.9 Å². The zero-order valence-electron chi connectivity index (χ0n) is 23.0. The average Bonchev–Trinajstić information content (AvgIpc) is 3.57. The molecular formula is C28H33ClN8O3. The van der Waals surface area contributed by atoms with Gasteiger partial charge < -0.3 is 19.5 Å². The van der Waals surface area contributed by atoms with Crippen molar-refractivity contribution in [3.05, 3.63) is 73.8 Å². The average molecular weight is 565 g/mol. The Bertz CT molecular complexity index is 1650. The number of carbonyl (C=O) groups excluding carboxylic acids is 1. The predicted molar refractivity (Wildman–Crippen MR) is 151 cm³/mol. The summed E-state index contributed by atoms with van der Waals surface area (Å²) in [6.45, 7) is 7.53. The standard InChI is InChI=1S/C28H33ClN8O3/c1-15-9-18(26(38)35-33-15)16-5-7-36(8-6-16)27(39)32-22-11-17-10-21(29)24-19(12-31-34-24)20(17)14-37-23(13-30-25(22)37)28(2,3)40-4/h9-10,12-13,16,22H,5-8,11,14H2,1-4H3,(H,31,34)(H,32,39)(H,35,38)/t22-/m1/s1. The fourth-order valence-electron chi connectivity index (χ4n) is 6.02. The number of nitrogens with zero attached hydrogens (tertiary/aromatic N) is 5. The van der Waals surface area contributed by atoms with Crippen LogP contribution in [0.15, 0.2) is 29.3 Å². The fourth-order valence-corrected chi connectivity index (χ4v) is 6.29. The van der Waals surface area contributed by atoms with Crippen LogP contribution in [-0.4, -0.2) is 61.1 Å². The molecule has 2 amide bonds. The molecule has 0 aliphatic carbocycles. The maximum Gasteiger partial charge on any atom is 0.317 e. The molecule has 6 rings (SSSR count). The maximum absolute atomic E-state index is 13.6. The van der Waals surface area contributed by atoms with Crippen LogP contribution < -0.4 is 10.9 Å². The van der Waals surface area contributed by atoms with Crippen molar-refractivity contribution in [1.82, 2.24) is 40.2 Å². The van der Waals surface area contributed by atoms with Crippen molar-refractivity contribution in [2.45, 2.75) is 64.1 Å². The number of rotatable bonds is 4. The first kappa shape index (κ1) is 26.5. The summed E-state index contributed by atoms with van der Waals surface area (Å²) in [6.07, 6.45) is 5.60. The molecule has 2 aliphatic heterocycles. The Labute approximate surface area is 236 Å². The zero-order valence-corrected chi connectivity index (χ0v) is 23.8. The first-order valence-corrected chi connectivity index (χ1v) is 13.9. The number of H-pyrrole nitrogens is 2. The number of halogens is 1. The van der Waals surface area contributed by atoms with Gasteiger partial charge in [0.05, 0.1) is 46.9 Å². The normalized spacial score (nSPS) is 17.9. The van der Waals surface area contributed by atoms with Crippen LogP contribution in [0, 0.1) is 6.92 Å². The third kappa shape index (κ3) is 4.56. The molecule has 0 unspecified atom stereocenters. The lowest BCUT2D eigenvalue weighted by Gasteiger charge is -2.33. The number of piperidine rings is 1. The number of aryl methyl sites for hydroxylation is 1. The molecule has 210 valence electrons. The minimum absolute atomic E-state index is 0.0940. The third-order valence-corrected chi connectivity index (χ3v) is 8.74. The summed E-state index contributed by atoms with van der Waals surface area (Å²) in [4.78, 5) is 32.6. The predicted octanol–water partition coefficient (Wildman–Crippen LogP) is 3.92. The van der Waals surface area contributed by atoms with E-state index >= 15 is 0 Å². The van der Waals surface area contributed by atoms with Gasteiger partial charge in [0, 0.05) is 37.6 Å². The van der Waals surface area contributed by atoms with Crippen LogP contribution in [0.1, 0.15) is 72.6 Å². The molecule has 3 N–H and O–H groups in total. The number of nitrogens with one attached hydrogen (secondary N) is 3. The lowest BCUT2D eigenvalue weighted by molar-refractivity contribution is 0.0125. The van der Waals surface area contributed by atoms with E-state index in [0.717, 1.165) is 44.8 Å². The Morgan fingerprint density at radius 3 is 2.73 bits per heavy atom. The summed E-state index contributed by atoms with van der Waals surface area (Å²) in [5.74, 6) is 0.864. The van der Waals surface area contributed by atoms with E-state index in [1.54, 1.807) is 13.3 Å². The Morgan fingerprint density at radius 1 is 1.20 bits per heavy atom. The molecule has 1 saturated heterocycles. The number of hydrogen-bond acceptors (Lipinski definition) is 6. The topological polar surface area (TPSA) is 134 Å². The van der Waals surface area contributed by atoms with Crippen LogP contribution in [0.3, 0.4) is 0 Å². The van der Waals surface area contributed by atoms with E-state index in [9.17, 15) is 9.59 Å². The highest BCUT2D eigenvalue weighted by atomic mass is 35.5. The number of benzene rings is 1. The van der Waals surface area contributed by atoms with Crippen molar-refractivity contribution in [3.63, 3.8) is 0 Å². The van der Waals surface area contributed by atoms with Gasteiger partial charge in [-0.1, -0.05) is 11.6 Å². The molecule has 1 atom stereocenters. The van der Waals surface area contributed by atoms with Gasteiger partial charge in [0.25, 0.3) is 5.56 Å². The van der Waals surface area contributed by atoms with Crippen molar-refractivity contribution in [2.75, 3.05) is 20.2 Å². The van der Waals surface area contributed by atoms with E-state index in [1.165, 1.54) is 0 Å². The molecule has 5 heterocycles. The molecule has 4 aromatic rings. The van der Waals surface area contributed by atoms with Crippen molar-refractivity contribution < 1.29 is 9.53 Å². The van der Waals surface area contributed by atoms with Gasteiger partial charge >= 0.3 is 6.03 Å². The van der Waals surface area contributed by atoms with Gasteiger partial charge in [0.2, 0.25) is 0 Å². The number of ether oxygens (including phenoxy) is 1. The minimum atomic E-state index is -0.586. The summed E-state index contributed by atoms with van der Waals surface area (Å²) < 4.78 is 7.96. The van der Waals surface area contributed by atoms with Crippen LogP contribution >= 0.6 is 11.6 Å². The number of likely N-dealkylation sites (tertiary alicyclic amines) is 1. The van der Waals surface area contributed by atoms with Crippen LogP contribution in [0.25, 0.3) is 10.9 Å². The van der Waals surface area contributed by atoms with Crippen molar-refractivity contribution in [3.8, 4) is 0 Å². The summed E-state index contributed by atoms with van der Waals surface area (Å²) in [5, 5.41) is 18.6. The number of methoxy groups -OCH3 is 1. The molecule has 11 nitrogen and oxygen atoms in total. The van der Waals surface area contributed by atoms with E-state index in [4.69, 9.17) is 21.3 Å². The summed E-state index contributed by atoms with van der Waals surface area (Å²) in [5.41, 5.74) is 4.63. The fraction of sp³-hybridized carbons (Fsp3) is 0.464. The third-order valence-electron chi connectivity index (χ3n) is 8.44. The van der Waals surface area contributed by atoms with Gasteiger partial charge in [-0.15, -0.1) is 0 Å². The van der Waals surface area contributed by atoms with Gasteiger partial charge in [0.1, 0.15) is 11.4 Å². The lowest BCUT2D eigenvalue weighted by Crippen LogP contribution is -2.46. The van der Waals surface area contributed by atoms with Crippen molar-refractivity contribution >= 4 is 28.5 Å². The SMILES string of the molecule is COC(C)(C)c1cnc2n1Cc1c(cc(Cl)c3[nH]ncc13)C[C@H]2NC(=O)N1CCC(c2cc(C)n[nH]c2=O)CC1. The number of aromatic nitrogens is 6. The van der Waals surface area contributed by atoms with Crippen LogP contribution in [0.5, 0.6) is 0 Å². The highest BCUT2D eigenvalue weighted by molar-refractivity contribution is 6.35. The van der Waals surface area contributed by atoms with Crippen molar-refractivity contribution in [2.24, 2.45) is 0 Å². The Morgan fingerprint density at radius 2 is 1.98 bits per heavy atom. The highest BCUT2D eigenvalue weighted by Crippen LogP contribution is 2.37. The molecule has 12 heteroatoms. The minimum Gasteiger partial charge on any atom is -0.373 e. The molecule has 2 aliphatic rings. The molecule has 1 fully saturated rings. The highest BCUT2D eigenvalue weighted by Gasteiger charge is 2.34. The molecule has 1 aromatic carbocycles. The number of amides is 2. The molecular weight excluding hydrogens is 532 g/mol. The summed E-state index contributed by atoms with van der Waals surface area (Å²) >= 11 is 6.62. The van der Waals surface area contributed by atoms with Gasteiger partial charge in [-0.2, -0.15) is 10.2 Å². The molecule has 0 bridgehead atoms. The molecule has 0 saturated carbocycles. The number of hydrogen-bond donors (Lipinski definition) is 3. The van der Waals surface area contributed by atoms with Crippen molar-refractivity contribution in [1.29, 1.82) is 0 Å². The first-order valence-electron chi connectivity index (χ1n) is 13.5. The lowest BCUT2D eigenvalue weighted by atomic mass is 9.90. The zero-order chi connectivity index (χ0) is 28.2. The Kier molecular flexibility index (Phi) is 6.66. The van der Waals surface area contributed by atoms with Gasteiger partial charge in [-0.3, -0.25) is 9.89 Å². The number of carbonyl (C=O) groups is 1. The smallest absolute Gasteiger partial charge is 0.317 e. The van der Waals surface area contributed by atoms with E-state index in [2.05, 4.69) is 30.3 Å². The Hall–Kier alpha value is -3.70. The van der Waals surface area contributed by atoms with E-state index in [-0.39, 0.29) is 23.6 Å². The monoisotopic (exact) mass is 564 g/mol. The second kappa shape index (κ2) is 10.0. The largest absolute Gasteiger partial charge is 0.373 e. The van der Waals surface area contributed by atoms with Crippen LogP contribution in [0.4, 0.5) is 4.79 Å². The van der Waals surface area contributed by atoms with Gasteiger partial charge in [0.15, 0.2) is 0 Å². The molecule has 40 heavy (non-hydrogen) atoms. The van der Waals surface area contributed by atoms with Crippen LogP contribution in [-0.2, 0) is 23.3 Å². The number of urea groups is 1. The number of aromatic amines is 2. The molecule has 0 radical (unpaired) electrons. The Balaban J connectivity index is 1.29. The van der Waals surface area contributed by atoms with E-state index in [0.29, 0.717) is 43.9 Å². The number of imidazole rings is 1. The van der Waals surface area contributed by atoms with Crippen LogP contribution in [0.2, 0.25) is 5.02 Å². The molecule has 0 spiro atoms.